The zero-order chi connectivity index (χ0) is 11.3. The van der Waals surface area contributed by atoms with E-state index in [0.717, 1.165) is 0 Å². The van der Waals surface area contributed by atoms with Crippen molar-refractivity contribution in [2.75, 3.05) is 6.61 Å². The molecule has 0 N–H and O–H groups in total. The molecule has 0 aliphatic carbocycles. The molecule has 2 aromatic rings. The van der Waals surface area contributed by atoms with Crippen molar-refractivity contribution in [3.05, 3.63) is 21.1 Å². The van der Waals surface area contributed by atoms with Crippen LogP contribution in [0.1, 0.15) is 5.56 Å². The van der Waals surface area contributed by atoms with Crippen molar-refractivity contribution in [1.29, 1.82) is 5.26 Å². The van der Waals surface area contributed by atoms with Crippen molar-refractivity contribution in [2.45, 2.75) is 6.54 Å². The van der Waals surface area contributed by atoms with Crippen LogP contribution < -0.4 is 4.74 Å². The Morgan fingerprint density at radius 3 is 3.19 bits per heavy atom. The average Bonchev–Trinajstić information content (AvgIpc) is 2.72. The van der Waals surface area contributed by atoms with E-state index in [1.54, 1.807) is 10.9 Å². The Hall–Kier alpha value is -1.36. The first-order chi connectivity index (χ1) is 7.74. The largest absolute Gasteiger partial charge is 0.486 e. The first-order valence-corrected chi connectivity index (χ1v) is 5.71. The fourth-order valence-electron chi connectivity index (χ4n) is 1.88. The van der Waals surface area contributed by atoms with Gasteiger partial charge in [-0.25, -0.2) is 4.39 Å². The number of hydrogen-bond donors (Lipinski definition) is 0. The van der Waals surface area contributed by atoms with Crippen molar-refractivity contribution in [2.24, 2.45) is 0 Å². The van der Waals surface area contributed by atoms with Crippen molar-refractivity contribution >= 4 is 33.5 Å². The summed E-state index contributed by atoms with van der Waals surface area (Å²) < 4.78 is 21.2. The van der Waals surface area contributed by atoms with E-state index in [1.165, 1.54) is 0 Å². The number of ether oxygens (including phenoxy) is 1. The van der Waals surface area contributed by atoms with Crippen LogP contribution in [0.4, 0.5) is 4.39 Å². The highest BCUT2D eigenvalue weighted by Crippen LogP contribution is 2.37. The molecule has 4 nitrogen and oxygen atoms in total. The summed E-state index contributed by atoms with van der Waals surface area (Å²) in [5.74, 6) is -0.256. The van der Waals surface area contributed by atoms with Crippen LogP contribution in [0, 0.1) is 20.7 Å². The third-order valence-electron chi connectivity index (χ3n) is 2.60. The lowest BCUT2D eigenvalue weighted by Gasteiger charge is -2.17. The molecule has 0 bridgehead atoms. The van der Waals surface area contributed by atoms with E-state index in [4.69, 9.17) is 10.00 Å². The monoisotopic (exact) mass is 329 g/mol. The van der Waals surface area contributed by atoms with Crippen molar-refractivity contribution in [3.63, 3.8) is 0 Å². The smallest absolute Gasteiger partial charge is 0.182 e. The molecule has 0 spiro atoms. The number of nitriles is 1. The lowest BCUT2D eigenvalue weighted by Crippen LogP contribution is -2.16. The zero-order valence-electron chi connectivity index (χ0n) is 8.00. The Bertz CT molecular complexity index is 644. The highest BCUT2D eigenvalue weighted by molar-refractivity contribution is 14.1. The second-order valence-corrected chi connectivity index (χ2v) is 4.50. The SMILES string of the molecule is N#Cc1c(I)c(F)c2c3c1cnn3CCO2. The van der Waals surface area contributed by atoms with E-state index >= 15 is 0 Å². The van der Waals surface area contributed by atoms with Crippen molar-refractivity contribution in [3.8, 4) is 11.8 Å². The lowest BCUT2D eigenvalue weighted by atomic mass is 10.1. The predicted molar refractivity (Wildman–Crippen MR) is 62.6 cm³/mol. The highest BCUT2D eigenvalue weighted by atomic mass is 127. The Morgan fingerprint density at radius 1 is 1.62 bits per heavy atom. The van der Waals surface area contributed by atoms with Crippen LogP contribution in [0.15, 0.2) is 6.20 Å². The van der Waals surface area contributed by atoms with E-state index in [2.05, 4.69) is 5.10 Å². The van der Waals surface area contributed by atoms with Gasteiger partial charge in [0.1, 0.15) is 18.2 Å². The Morgan fingerprint density at radius 2 is 2.44 bits per heavy atom. The Labute approximate surface area is 104 Å². The lowest BCUT2D eigenvalue weighted by molar-refractivity contribution is 0.265. The van der Waals surface area contributed by atoms with Gasteiger partial charge in [-0.3, -0.25) is 4.68 Å². The first-order valence-electron chi connectivity index (χ1n) is 4.63. The molecule has 1 aliphatic heterocycles. The number of nitrogens with zero attached hydrogens (tertiary/aromatic N) is 3. The van der Waals surface area contributed by atoms with Gasteiger partial charge in [0.2, 0.25) is 0 Å². The number of aromatic nitrogens is 2. The molecule has 1 aromatic heterocycles. The summed E-state index contributed by atoms with van der Waals surface area (Å²) in [5.41, 5.74) is 0.911. The summed E-state index contributed by atoms with van der Waals surface area (Å²) in [6, 6.07) is 2.01. The standard InChI is InChI=1S/C10H5FIN3O/c11-7-8(12)5(3-13)6-4-14-15-1-2-16-10(7)9(6)15/h4H,1-2H2. The van der Waals surface area contributed by atoms with Gasteiger partial charge in [0, 0.05) is 5.39 Å². The molecule has 1 aromatic carbocycles. The Kier molecular flexibility index (Phi) is 2.04. The third kappa shape index (κ3) is 1.09. The number of benzene rings is 1. The molecule has 0 saturated heterocycles. The maximum absolute atomic E-state index is 13.9. The quantitative estimate of drug-likeness (QED) is 0.695. The van der Waals surface area contributed by atoms with Crippen LogP contribution in [0.3, 0.4) is 0 Å². The Balaban J connectivity index is 2.56. The minimum absolute atomic E-state index is 0.210. The molecule has 3 rings (SSSR count). The number of halogens is 2. The molecule has 16 heavy (non-hydrogen) atoms. The highest BCUT2D eigenvalue weighted by Gasteiger charge is 2.25. The normalized spacial score (nSPS) is 13.6. The second-order valence-electron chi connectivity index (χ2n) is 3.42. The van der Waals surface area contributed by atoms with Gasteiger partial charge in [-0.05, 0) is 22.6 Å². The molecule has 0 unspecified atom stereocenters. The molecular weight excluding hydrogens is 324 g/mol. The van der Waals surface area contributed by atoms with E-state index in [-0.39, 0.29) is 5.75 Å². The van der Waals surface area contributed by atoms with Gasteiger partial charge in [-0.1, -0.05) is 0 Å². The second kappa shape index (κ2) is 3.31. The van der Waals surface area contributed by atoms with E-state index in [9.17, 15) is 4.39 Å². The molecule has 0 atom stereocenters. The van der Waals surface area contributed by atoms with Gasteiger partial charge < -0.3 is 4.74 Å². The summed E-state index contributed by atoms with van der Waals surface area (Å²) in [7, 11) is 0. The summed E-state index contributed by atoms with van der Waals surface area (Å²) >= 11 is 1.82. The summed E-state index contributed by atoms with van der Waals surface area (Å²) in [4.78, 5) is 0. The average molecular weight is 329 g/mol. The van der Waals surface area contributed by atoms with Gasteiger partial charge >= 0.3 is 0 Å². The molecular formula is C10H5FIN3O. The minimum Gasteiger partial charge on any atom is -0.486 e. The van der Waals surface area contributed by atoms with Crippen LogP contribution in [0.25, 0.3) is 10.9 Å². The van der Waals surface area contributed by atoms with Crippen LogP contribution in [-0.2, 0) is 6.54 Å². The minimum atomic E-state index is -0.467. The zero-order valence-corrected chi connectivity index (χ0v) is 10.2. The maximum Gasteiger partial charge on any atom is 0.182 e. The molecule has 80 valence electrons. The van der Waals surface area contributed by atoms with Gasteiger partial charge in [-0.15, -0.1) is 0 Å². The predicted octanol–water partition coefficient (Wildman–Crippen LogP) is 2.04. The molecule has 0 saturated carbocycles. The van der Waals surface area contributed by atoms with E-state index < -0.39 is 5.82 Å². The summed E-state index contributed by atoms with van der Waals surface area (Å²) in [6.07, 6.45) is 1.59. The van der Waals surface area contributed by atoms with Gasteiger partial charge in [0.15, 0.2) is 11.6 Å². The molecule has 0 amide bonds. The van der Waals surface area contributed by atoms with Crippen molar-refractivity contribution in [1.82, 2.24) is 9.78 Å². The van der Waals surface area contributed by atoms with Crippen LogP contribution in [0.5, 0.6) is 5.75 Å². The fraction of sp³-hybridized carbons (Fsp3) is 0.200. The van der Waals surface area contributed by atoms with Gasteiger partial charge in [-0.2, -0.15) is 10.4 Å². The van der Waals surface area contributed by atoms with Gasteiger partial charge in [0.25, 0.3) is 0 Å². The molecule has 0 fully saturated rings. The van der Waals surface area contributed by atoms with E-state index in [0.29, 0.717) is 33.2 Å². The molecule has 2 heterocycles. The summed E-state index contributed by atoms with van der Waals surface area (Å²) in [5, 5.41) is 13.8. The molecule has 1 aliphatic rings. The van der Waals surface area contributed by atoms with Crippen LogP contribution >= 0.6 is 22.6 Å². The van der Waals surface area contributed by atoms with Gasteiger partial charge in [0.05, 0.1) is 21.9 Å². The topological polar surface area (TPSA) is 50.8 Å². The summed E-state index contributed by atoms with van der Waals surface area (Å²) in [6.45, 7) is 0.990. The maximum atomic E-state index is 13.9. The van der Waals surface area contributed by atoms with E-state index in [1.807, 2.05) is 28.7 Å². The molecule has 6 heteroatoms. The third-order valence-corrected chi connectivity index (χ3v) is 3.61. The molecule has 0 radical (unpaired) electrons. The number of hydrogen-bond acceptors (Lipinski definition) is 3. The van der Waals surface area contributed by atoms with Crippen molar-refractivity contribution < 1.29 is 9.13 Å². The van der Waals surface area contributed by atoms with Crippen LogP contribution in [0.2, 0.25) is 0 Å². The first kappa shape index (κ1) is 9.84. The number of rotatable bonds is 0. The van der Waals surface area contributed by atoms with Crippen LogP contribution in [-0.4, -0.2) is 16.4 Å². The fourth-order valence-corrected chi connectivity index (χ4v) is 2.54.